The molecule has 1 aromatic heterocycles. The molecule has 5 rings (SSSR count). The van der Waals surface area contributed by atoms with Crippen LogP contribution < -0.4 is 14.2 Å². The first-order chi connectivity index (χ1) is 13.8. The minimum atomic E-state index is 0.266. The Morgan fingerprint density at radius 1 is 1.11 bits per heavy atom. The van der Waals surface area contributed by atoms with Gasteiger partial charge in [-0.05, 0) is 37.3 Å². The maximum Gasteiger partial charge on any atom is 0.231 e. The van der Waals surface area contributed by atoms with Crippen molar-refractivity contribution in [1.29, 1.82) is 0 Å². The van der Waals surface area contributed by atoms with Gasteiger partial charge in [-0.2, -0.15) is 0 Å². The number of benzene rings is 2. The third-order valence-electron chi connectivity index (χ3n) is 5.36. The van der Waals surface area contributed by atoms with E-state index < -0.39 is 0 Å². The first-order valence-electron chi connectivity index (χ1n) is 9.57. The largest absolute Gasteiger partial charge is 0.492 e. The summed E-state index contributed by atoms with van der Waals surface area (Å²) < 4.78 is 22.5. The normalized spacial score (nSPS) is 16.6. The van der Waals surface area contributed by atoms with E-state index in [-0.39, 0.29) is 12.8 Å². The van der Waals surface area contributed by atoms with Crippen molar-refractivity contribution in [3.63, 3.8) is 0 Å². The minimum absolute atomic E-state index is 0.266. The van der Waals surface area contributed by atoms with Crippen molar-refractivity contribution >= 4 is 0 Å². The molecule has 6 heteroatoms. The molecule has 1 unspecified atom stereocenters. The van der Waals surface area contributed by atoms with E-state index in [0.717, 1.165) is 59.3 Å². The summed E-state index contributed by atoms with van der Waals surface area (Å²) in [6.07, 6.45) is 0.850. The van der Waals surface area contributed by atoms with Crippen LogP contribution in [0.2, 0.25) is 0 Å². The Hall–Kier alpha value is -2.99. The van der Waals surface area contributed by atoms with Crippen molar-refractivity contribution < 1.29 is 18.7 Å². The minimum Gasteiger partial charge on any atom is -0.492 e. The second-order valence-corrected chi connectivity index (χ2v) is 7.19. The van der Waals surface area contributed by atoms with Gasteiger partial charge in [-0.15, -0.1) is 0 Å². The van der Waals surface area contributed by atoms with Crippen molar-refractivity contribution in [3.05, 3.63) is 59.9 Å². The predicted molar refractivity (Wildman–Crippen MR) is 104 cm³/mol. The average Bonchev–Trinajstić information content (AvgIpc) is 3.38. The standard InChI is InChI=1S/C22H22N2O4/c1-15(13-25-17-5-3-2-4-6-17)24-10-9-19-18(12-24)22(23-28-19)16-7-8-20-21(11-16)27-14-26-20/h2-8,11,15H,9-10,12-14H2,1H3. The van der Waals surface area contributed by atoms with E-state index in [9.17, 15) is 0 Å². The Morgan fingerprint density at radius 3 is 2.86 bits per heavy atom. The number of aromatic nitrogens is 1. The molecule has 6 nitrogen and oxygen atoms in total. The van der Waals surface area contributed by atoms with E-state index in [4.69, 9.17) is 18.7 Å². The highest BCUT2D eigenvalue weighted by molar-refractivity contribution is 5.67. The fourth-order valence-corrected chi connectivity index (χ4v) is 3.72. The SMILES string of the molecule is CC(COc1ccccc1)N1CCc2onc(-c3ccc4c(c3)OCO4)c2C1. The lowest BCUT2D eigenvalue weighted by molar-refractivity contribution is 0.129. The lowest BCUT2D eigenvalue weighted by Gasteiger charge is -2.31. The number of hydrogen-bond donors (Lipinski definition) is 0. The molecule has 0 aliphatic carbocycles. The average molecular weight is 378 g/mol. The van der Waals surface area contributed by atoms with E-state index in [1.165, 1.54) is 0 Å². The van der Waals surface area contributed by atoms with Gasteiger partial charge in [0.1, 0.15) is 23.8 Å². The van der Waals surface area contributed by atoms with Gasteiger partial charge in [-0.1, -0.05) is 23.4 Å². The molecular weight excluding hydrogens is 356 g/mol. The van der Waals surface area contributed by atoms with Crippen molar-refractivity contribution in [1.82, 2.24) is 10.1 Å². The quantitative estimate of drug-likeness (QED) is 0.671. The lowest BCUT2D eigenvalue weighted by Crippen LogP contribution is -2.40. The lowest BCUT2D eigenvalue weighted by atomic mass is 10.00. The molecule has 0 spiro atoms. The van der Waals surface area contributed by atoms with Gasteiger partial charge >= 0.3 is 0 Å². The van der Waals surface area contributed by atoms with Crippen LogP contribution in [0.3, 0.4) is 0 Å². The monoisotopic (exact) mass is 378 g/mol. The highest BCUT2D eigenvalue weighted by atomic mass is 16.7. The van der Waals surface area contributed by atoms with Crippen LogP contribution in [0.15, 0.2) is 53.1 Å². The van der Waals surface area contributed by atoms with E-state index in [2.05, 4.69) is 17.0 Å². The zero-order chi connectivity index (χ0) is 18.9. The van der Waals surface area contributed by atoms with Crippen molar-refractivity contribution in [2.24, 2.45) is 0 Å². The fourth-order valence-electron chi connectivity index (χ4n) is 3.72. The number of para-hydroxylation sites is 1. The Morgan fingerprint density at radius 2 is 1.96 bits per heavy atom. The Bertz CT molecular complexity index is 970. The second-order valence-electron chi connectivity index (χ2n) is 7.19. The van der Waals surface area contributed by atoms with Crippen LogP contribution in [0.1, 0.15) is 18.2 Å². The molecular formula is C22H22N2O4. The summed E-state index contributed by atoms with van der Waals surface area (Å²) in [5, 5.41) is 4.35. The Balaban J connectivity index is 1.32. The van der Waals surface area contributed by atoms with Crippen LogP contribution >= 0.6 is 0 Å². The maximum atomic E-state index is 5.94. The third kappa shape index (κ3) is 3.20. The first-order valence-corrected chi connectivity index (χ1v) is 9.57. The van der Waals surface area contributed by atoms with Gasteiger partial charge in [-0.25, -0.2) is 0 Å². The molecule has 0 amide bonds. The summed E-state index contributed by atoms with van der Waals surface area (Å²) in [6.45, 7) is 4.83. The smallest absolute Gasteiger partial charge is 0.231 e. The molecule has 2 aromatic carbocycles. The Labute approximate surface area is 163 Å². The van der Waals surface area contributed by atoms with Gasteiger partial charge < -0.3 is 18.7 Å². The number of hydrogen-bond acceptors (Lipinski definition) is 6. The molecule has 3 heterocycles. The molecule has 0 radical (unpaired) electrons. The topological polar surface area (TPSA) is 57.0 Å². The van der Waals surface area contributed by atoms with Gasteiger partial charge in [0, 0.05) is 36.7 Å². The van der Waals surface area contributed by atoms with Crippen LogP contribution in [0.25, 0.3) is 11.3 Å². The van der Waals surface area contributed by atoms with E-state index >= 15 is 0 Å². The first kappa shape index (κ1) is 17.1. The number of nitrogens with zero attached hydrogens (tertiary/aromatic N) is 2. The van der Waals surface area contributed by atoms with Crippen LogP contribution in [0.4, 0.5) is 0 Å². The summed E-state index contributed by atoms with van der Waals surface area (Å²) >= 11 is 0. The third-order valence-corrected chi connectivity index (χ3v) is 5.36. The maximum absolute atomic E-state index is 5.94. The highest BCUT2D eigenvalue weighted by Gasteiger charge is 2.28. The summed E-state index contributed by atoms with van der Waals surface area (Å²) in [6, 6.07) is 16.1. The van der Waals surface area contributed by atoms with E-state index in [1.807, 2.05) is 48.5 Å². The highest BCUT2D eigenvalue weighted by Crippen LogP contribution is 2.38. The second kappa shape index (κ2) is 7.20. The molecule has 0 fully saturated rings. The predicted octanol–water partition coefficient (Wildman–Crippen LogP) is 3.90. The van der Waals surface area contributed by atoms with Crippen LogP contribution in [0, 0.1) is 0 Å². The molecule has 0 N–H and O–H groups in total. The molecule has 1 atom stereocenters. The fraction of sp³-hybridized carbons (Fsp3) is 0.318. The van der Waals surface area contributed by atoms with Gasteiger partial charge in [0.25, 0.3) is 0 Å². The van der Waals surface area contributed by atoms with E-state index in [0.29, 0.717) is 6.61 Å². The van der Waals surface area contributed by atoms with Crippen LogP contribution in [-0.2, 0) is 13.0 Å². The van der Waals surface area contributed by atoms with Gasteiger partial charge in [-0.3, -0.25) is 4.90 Å². The Kier molecular flexibility index (Phi) is 4.41. The molecule has 144 valence electrons. The number of ether oxygens (including phenoxy) is 3. The summed E-state index contributed by atoms with van der Waals surface area (Å²) in [5.41, 5.74) is 3.02. The van der Waals surface area contributed by atoms with Crippen molar-refractivity contribution in [2.45, 2.75) is 25.9 Å². The van der Waals surface area contributed by atoms with E-state index in [1.54, 1.807) is 0 Å². The molecule has 0 saturated carbocycles. The molecule has 2 aliphatic heterocycles. The molecule has 0 saturated heterocycles. The van der Waals surface area contributed by atoms with Crippen molar-refractivity contribution in [2.75, 3.05) is 19.9 Å². The molecule has 2 aliphatic rings. The van der Waals surface area contributed by atoms with Crippen molar-refractivity contribution in [3.8, 4) is 28.5 Å². The van der Waals surface area contributed by atoms with Gasteiger partial charge in [0.2, 0.25) is 6.79 Å². The zero-order valence-corrected chi connectivity index (χ0v) is 15.8. The molecule has 0 bridgehead atoms. The number of rotatable bonds is 5. The number of fused-ring (bicyclic) bond motifs is 2. The van der Waals surface area contributed by atoms with Gasteiger partial charge in [0.15, 0.2) is 11.5 Å². The van der Waals surface area contributed by atoms with Crippen LogP contribution in [-0.4, -0.2) is 36.0 Å². The van der Waals surface area contributed by atoms with Gasteiger partial charge in [0.05, 0.1) is 0 Å². The molecule has 3 aromatic rings. The zero-order valence-electron chi connectivity index (χ0n) is 15.8. The summed E-state index contributed by atoms with van der Waals surface area (Å²) in [5.74, 6) is 3.40. The van der Waals surface area contributed by atoms with Crippen LogP contribution in [0.5, 0.6) is 17.2 Å². The molecule has 28 heavy (non-hydrogen) atoms. The summed E-state index contributed by atoms with van der Waals surface area (Å²) in [4.78, 5) is 2.42. The summed E-state index contributed by atoms with van der Waals surface area (Å²) in [7, 11) is 0.